The first kappa shape index (κ1) is 17.5. The summed E-state index contributed by atoms with van der Waals surface area (Å²) < 4.78 is 36.9. The van der Waals surface area contributed by atoms with Gasteiger partial charge < -0.3 is 14.9 Å². The fourth-order valence-electron chi connectivity index (χ4n) is 1.48. The van der Waals surface area contributed by atoms with E-state index in [0.29, 0.717) is 4.90 Å². The van der Waals surface area contributed by atoms with Gasteiger partial charge in [-0.3, -0.25) is 4.79 Å². The third-order valence-corrected chi connectivity index (χ3v) is 2.59. The van der Waals surface area contributed by atoms with Gasteiger partial charge in [0, 0.05) is 19.6 Å². The Bertz CT molecular complexity index is 321. The second kappa shape index (κ2) is 7.20. The Hall–Kier alpha value is -1.47. The maximum absolute atomic E-state index is 12.3. The van der Waals surface area contributed by atoms with Gasteiger partial charge in [0.15, 0.2) is 0 Å². The quantitative estimate of drug-likeness (QED) is 0.812. The van der Waals surface area contributed by atoms with E-state index >= 15 is 0 Å². The molecule has 0 bridgehead atoms. The number of alkyl halides is 3. The minimum Gasteiger partial charge on any atom is -0.481 e. The third-order valence-electron chi connectivity index (χ3n) is 2.59. The van der Waals surface area contributed by atoms with E-state index in [-0.39, 0.29) is 19.6 Å². The fraction of sp³-hybridized carbons (Fsp3) is 0.818. The topological polar surface area (TPSA) is 60.9 Å². The number of hydrogen-bond acceptors (Lipinski definition) is 2. The molecule has 0 aliphatic carbocycles. The van der Waals surface area contributed by atoms with Gasteiger partial charge in [-0.2, -0.15) is 13.2 Å². The number of carbonyl (C=O) groups excluding carboxylic acids is 1. The third kappa shape index (κ3) is 6.30. The molecule has 112 valence electrons. The molecular weight excluding hydrogens is 265 g/mol. The van der Waals surface area contributed by atoms with Crippen LogP contribution in [0.2, 0.25) is 0 Å². The van der Waals surface area contributed by atoms with E-state index in [1.54, 1.807) is 6.92 Å². The minimum absolute atomic E-state index is 0.0870. The van der Waals surface area contributed by atoms with Crippen LogP contribution in [-0.4, -0.2) is 59.3 Å². The standard InChI is InChI=1S/C11H19F3N2O3/c1-4-15(6-8(3)9(17)18)10(19)16(5-2)7-11(12,13)14/h8H,4-7H2,1-3H3,(H,17,18). The highest BCUT2D eigenvalue weighted by atomic mass is 19.4. The zero-order valence-corrected chi connectivity index (χ0v) is 11.2. The highest BCUT2D eigenvalue weighted by Crippen LogP contribution is 2.17. The van der Waals surface area contributed by atoms with Crippen molar-refractivity contribution >= 4 is 12.0 Å². The number of rotatable bonds is 6. The predicted molar refractivity (Wildman–Crippen MR) is 62.7 cm³/mol. The minimum atomic E-state index is -4.47. The molecule has 8 heteroatoms. The number of carbonyl (C=O) groups is 2. The summed E-state index contributed by atoms with van der Waals surface area (Å²) in [7, 11) is 0. The zero-order chi connectivity index (χ0) is 15.2. The molecule has 0 aliphatic heterocycles. The number of aliphatic carboxylic acids is 1. The van der Waals surface area contributed by atoms with Gasteiger partial charge in [-0.25, -0.2) is 4.79 Å². The molecule has 0 fully saturated rings. The summed E-state index contributed by atoms with van der Waals surface area (Å²) in [6.07, 6.45) is -4.47. The van der Waals surface area contributed by atoms with E-state index in [2.05, 4.69) is 0 Å². The van der Waals surface area contributed by atoms with Gasteiger partial charge in [-0.15, -0.1) is 0 Å². The largest absolute Gasteiger partial charge is 0.481 e. The smallest absolute Gasteiger partial charge is 0.406 e. The number of carboxylic acid groups (broad SMARTS) is 1. The fourth-order valence-corrected chi connectivity index (χ4v) is 1.48. The van der Waals surface area contributed by atoms with Crippen LogP contribution in [0.15, 0.2) is 0 Å². The zero-order valence-electron chi connectivity index (χ0n) is 11.2. The van der Waals surface area contributed by atoms with Crippen molar-refractivity contribution < 1.29 is 27.9 Å². The summed E-state index contributed by atoms with van der Waals surface area (Å²) >= 11 is 0. The summed E-state index contributed by atoms with van der Waals surface area (Å²) in [4.78, 5) is 24.4. The Morgan fingerprint density at radius 3 is 1.95 bits per heavy atom. The Labute approximate surface area is 110 Å². The van der Waals surface area contributed by atoms with Crippen molar-refractivity contribution in [2.75, 3.05) is 26.2 Å². The van der Waals surface area contributed by atoms with E-state index < -0.39 is 30.6 Å². The Kier molecular flexibility index (Phi) is 6.64. The first-order chi connectivity index (χ1) is 8.62. The lowest BCUT2D eigenvalue weighted by Crippen LogP contribution is -2.48. The Morgan fingerprint density at radius 2 is 1.63 bits per heavy atom. The molecule has 0 heterocycles. The lowest BCUT2D eigenvalue weighted by Gasteiger charge is -2.30. The van der Waals surface area contributed by atoms with Crippen molar-refractivity contribution in [1.82, 2.24) is 9.80 Å². The van der Waals surface area contributed by atoms with Gasteiger partial charge in [0.05, 0.1) is 5.92 Å². The summed E-state index contributed by atoms with van der Waals surface area (Å²) in [6, 6.07) is -0.796. The van der Waals surface area contributed by atoms with Crippen LogP contribution < -0.4 is 0 Å². The highest BCUT2D eigenvalue weighted by molar-refractivity contribution is 5.76. The van der Waals surface area contributed by atoms with Gasteiger partial charge in [-0.1, -0.05) is 6.92 Å². The van der Waals surface area contributed by atoms with Crippen molar-refractivity contribution in [3.05, 3.63) is 0 Å². The Morgan fingerprint density at radius 1 is 1.16 bits per heavy atom. The first-order valence-corrected chi connectivity index (χ1v) is 5.95. The maximum Gasteiger partial charge on any atom is 0.406 e. The maximum atomic E-state index is 12.3. The molecule has 0 aromatic rings. The number of carboxylic acids is 1. The predicted octanol–water partition coefficient (Wildman–Crippen LogP) is 2.03. The van der Waals surface area contributed by atoms with Crippen molar-refractivity contribution in [1.29, 1.82) is 0 Å². The molecule has 0 spiro atoms. The lowest BCUT2D eigenvalue weighted by atomic mass is 10.2. The van der Waals surface area contributed by atoms with E-state index in [1.807, 2.05) is 0 Å². The average Bonchev–Trinajstić information content (AvgIpc) is 2.30. The van der Waals surface area contributed by atoms with Gasteiger partial charge in [0.1, 0.15) is 6.54 Å². The van der Waals surface area contributed by atoms with Crippen molar-refractivity contribution in [3.63, 3.8) is 0 Å². The van der Waals surface area contributed by atoms with Crippen LogP contribution in [0.25, 0.3) is 0 Å². The SMILES string of the molecule is CCN(CC(C)C(=O)O)C(=O)N(CC)CC(F)(F)F. The van der Waals surface area contributed by atoms with Crippen LogP contribution in [0.4, 0.5) is 18.0 Å². The monoisotopic (exact) mass is 284 g/mol. The molecular formula is C11H19F3N2O3. The molecule has 0 rings (SSSR count). The number of amides is 2. The summed E-state index contributed by atoms with van der Waals surface area (Å²) in [6.45, 7) is 3.06. The second-order valence-corrected chi connectivity index (χ2v) is 4.19. The molecule has 0 saturated carbocycles. The van der Waals surface area contributed by atoms with Crippen LogP contribution in [0.3, 0.4) is 0 Å². The summed E-state index contributed by atoms with van der Waals surface area (Å²) in [5.74, 6) is -1.92. The van der Waals surface area contributed by atoms with Crippen LogP contribution in [0.1, 0.15) is 20.8 Å². The summed E-state index contributed by atoms with van der Waals surface area (Å²) in [5, 5.41) is 8.76. The molecule has 0 aromatic carbocycles. The number of nitrogens with zero attached hydrogens (tertiary/aromatic N) is 2. The molecule has 1 atom stereocenters. The molecule has 0 aliphatic rings. The molecule has 2 amide bonds. The van der Waals surface area contributed by atoms with Gasteiger partial charge in [-0.05, 0) is 13.8 Å². The number of urea groups is 1. The Balaban J connectivity index is 4.75. The van der Waals surface area contributed by atoms with Gasteiger partial charge in [0.25, 0.3) is 0 Å². The van der Waals surface area contributed by atoms with Crippen molar-refractivity contribution in [2.45, 2.75) is 26.9 Å². The summed E-state index contributed by atoms with van der Waals surface area (Å²) in [5.41, 5.74) is 0. The number of hydrogen-bond donors (Lipinski definition) is 1. The van der Waals surface area contributed by atoms with Crippen molar-refractivity contribution in [3.8, 4) is 0 Å². The van der Waals surface area contributed by atoms with E-state index in [9.17, 15) is 22.8 Å². The molecule has 0 aromatic heterocycles. The van der Waals surface area contributed by atoms with Crippen LogP contribution in [0, 0.1) is 5.92 Å². The second-order valence-electron chi connectivity index (χ2n) is 4.19. The van der Waals surface area contributed by atoms with E-state index in [0.717, 1.165) is 4.90 Å². The van der Waals surface area contributed by atoms with Gasteiger partial charge >= 0.3 is 18.2 Å². The van der Waals surface area contributed by atoms with Crippen LogP contribution >= 0.6 is 0 Å². The van der Waals surface area contributed by atoms with Gasteiger partial charge in [0.2, 0.25) is 0 Å². The van der Waals surface area contributed by atoms with Crippen molar-refractivity contribution in [2.24, 2.45) is 5.92 Å². The van der Waals surface area contributed by atoms with Crippen LogP contribution in [0.5, 0.6) is 0 Å². The molecule has 0 saturated heterocycles. The normalized spacial score (nSPS) is 12.9. The molecule has 0 radical (unpaired) electrons. The van der Waals surface area contributed by atoms with Crippen LogP contribution in [-0.2, 0) is 4.79 Å². The molecule has 1 unspecified atom stereocenters. The molecule has 19 heavy (non-hydrogen) atoms. The number of halogens is 3. The first-order valence-electron chi connectivity index (χ1n) is 5.95. The highest BCUT2D eigenvalue weighted by Gasteiger charge is 2.34. The molecule has 1 N–H and O–H groups in total. The van der Waals surface area contributed by atoms with E-state index in [1.165, 1.54) is 13.8 Å². The lowest BCUT2D eigenvalue weighted by molar-refractivity contribution is -0.143. The van der Waals surface area contributed by atoms with E-state index in [4.69, 9.17) is 5.11 Å². The average molecular weight is 284 g/mol. The molecule has 5 nitrogen and oxygen atoms in total.